The van der Waals surface area contributed by atoms with Crippen molar-refractivity contribution in [1.82, 2.24) is 0 Å². The third-order valence-electron chi connectivity index (χ3n) is 3.00. The van der Waals surface area contributed by atoms with Crippen LogP contribution in [0.3, 0.4) is 0 Å². The van der Waals surface area contributed by atoms with E-state index in [1.54, 1.807) is 42.5 Å². The molecule has 0 fully saturated rings. The van der Waals surface area contributed by atoms with Gasteiger partial charge in [-0.25, -0.2) is 0 Å². The standard InChI is InChI=1S/C18H16F2O3/c1-2-22-15-10-7-13(8-11-15)16(21)12-9-14-5-3-4-6-17(14)23-18(19)20/h3-12,18H,2H2,1H3. The van der Waals surface area contributed by atoms with Crippen LogP contribution in [0.2, 0.25) is 0 Å². The molecule has 0 aliphatic rings. The van der Waals surface area contributed by atoms with Crippen LogP contribution in [0.5, 0.6) is 11.5 Å². The fraction of sp³-hybridized carbons (Fsp3) is 0.167. The first kappa shape index (κ1) is 16.7. The van der Waals surface area contributed by atoms with Gasteiger partial charge in [0.15, 0.2) is 5.78 Å². The number of allylic oxidation sites excluding steroid dienone is 1. The van der Waals surface area contributed by atoms with Gasteiger partial charge in [-0.05, 0) is 49.4 Å². The first-order chi connectivity index (χ1) is 11.1. The van der Waals surface area contributed by atoms with Crippen LogP contribution in [0.1, 0.15) is 22.8 Å². The van der Waals surface area contributed by atoms with E-state index in [1.807, 2.05) is 6.92 Å². The molecule has 0 aliphatic heterocycles. The summed E-state index contributed by atoms with van der Waals surface area (Å²) in [6.45, 7) is -0.485. The lowest BCUT2D eigenvalue weighted by Gasteiger charge is -2.07. The lowest BCUT2D eigenvalue weighted by Crippen LogP contribution is -2.03. The lowest BCUT2D eigenvalue weighted by molar-refractivity contribution is -0.0499. The minimum Gasteiger partial charge on any atom is -0.494 e. The van der Waals surface area contributed by atoms with E-state index in [0.717, 1.165) is 0 Å². The molecule has 120 valence electrons. The summed E-state index contributed by atoms with van der Waals surface area (Å²) in [6.07, 6.45) is 2.78. The third-order valence-corrected chi connectivity index (χ3v) is 3.00. The molecule has 0 heterocycles. The summed E-state index contributed by atoms with van der Waals surface area (Å²) in [7, 11) is 0. The second-order valence-corrected chi connectivity index (χ2v) is 4.57. The van der Waals surface area contributed by atoms with Crippen LogP contribution in [-0.4, -0.2) is 19.0 Å². The number of benzene rings is 2. The molecule has 0 atom stereocenters. The van der Waals surface area contributed by atoms with E-state index < -0.39 is 6.61 Å². The molecule has 2 rings (SSSR count). The summed E-state index contributed by atoms with van der Waals surface area (Å²) >= 11 is 0. The third kappa shape index (κ3) is 4.92. The number of carbonyl (C=O) groups excluding carboxylic acids is 1. The van der Waals surface area contributed by atoms with E-state index in [2.05, 4.69) is 4.74 Å². The Morgan fingerprint density at radius 1 is 1.13 bits per heavy atom. The van der Waals surface area contributed by atoms with Gasteiger partial charge in [-0.3, -0.25) is 4.79 Å². The molecule has 2 aromatic rings. The van der Waals surface area contributed by atoms with Crippen LogP contribution >= 0.6 is 0 Å². The Bertz CT molecular complexity index is 679. The van der Waals surface area contributed by atoms with Crippen molar-refractivity contribution in [1.29, 1.82) is 0 Å². The van der Waals surface area contributed by atoms with Crippen LogP contribution in [0.15, 0.2) is 54.6 Å². The zero-order chi connectivity index (χ0) is 16.7. The van der Waals surface area contributed by atoms with Crippen molar-refractivity contribution < 1.29 is 23.0 Å². The largest absolute Gasteiger partial charge is 0.494 e. The maximum atomic E-state index is 12.3. The lowest BCUT2D eigenvalue weighted by atomic mass is 10.1. The molecule has 0 unspecified atom stereocenters. The minimum absolute atomic E-state index is 0.0262. The molecule has 5 heteroatoms. The zero-order valence-electron chi connectivity index (χ0n) is 12.5. The van der Waals surface area contributed by atoms with E-state index in [0.29, 0.717) is 23.5 Å². The topological polar surface area (TPSA) is 35.5 Å². The number of halogens is 2. The number of ether oxygens (including phenoxy) is 2. The van der Waals surface area contributed by atoms with Crippen molar-refractivity contribution in [3.63, 3.8) is 0 Å². The van der Waals surface area contributed by atoms with Gasteiger partial charge in [0.2, 0.25) is 0 Å². The summed E-state index contributed by atoms with van der Waals surface area (Å²) in [4.78, 5) is 12.1. The van der Waals surface area contributed by atoms with E-state index in [-0.39, 0.29) is 11.5 Å². The molecule has 2 aromatic carbocycles. The van der Waals surface area contributed by atoms with Gasteiger partial charge in [0.05, 0.1) is 6.61 Å². The highest BCUT2D eigenvalue weighted by Gasteiger charge is 2.08. The Morgan fingerprint density at radius 3 is 2.48 bits per heavy atom. The van der Waals surface area contributed by atoms with Gasteiger partial charge in [-0.1, -0.05) is 18.2 Å². The van der Waals surface area contributed by atoms with Crippen molar-refractivity contribution in [2.45, 2.75) is 13.5 Å². The number of alkyl halides is 2. The van der Waals surface area contributed by atoms with Crippen molar-refractivity contribution in [3.05, 3.63) is 65.7 Å². The number of rotatable bonds is 7. The predicted octanol–water partition coefficient (Wildman–Crippen LogP) is 4.58. The molecule has 0 amide bonds. The number of hydrogen-bond donors (Lipinski definition) is 0. The number of ketones is 1. The Kier molecular flexibility index (Phi) is 5.86. The van der Waals surface area contributed by atoms with Gasteiger partial charge in [-0.15, -0.1) is 0 Å². The van der Waals surface area contributed by atoms with E-state index >= 15 is 0 Å². The molecule has 3 nitrogen and oxygen atoms in total. The second kappa shape index (κ2) is 8.08. The van der Waals surface area contributed by atoms with Crippen molar-refractivity contribution >= 4 is 11.9 Å². The van der Waals surface area contributed by atoms with Gasteiger partial charge in [-0.2, -0.15) is 8.78 Å². The van der Waals surface area contributed by atoms with Gasteiger partial charge in [0.1, 0.15) is 11.5 Å². The molecular formula is C18H16F2O3. The maximum Gasteiger partial charge on any atom is 0.387 e. The highest BCUT2D eigenvalue weighted by molar-refractivity contribution is 6.07. The van der Waals surface area contributed by atoms with Crippen LogP contribution in [0.4, 0.5) is 8.78 Å². The average Bonchev–Trinajstić information content (AvgIpc) is 2.54. The maximum absolute atomic E-state index is 12.3. The summed E-state index contributed by atoms with van der Waals surface area (Å²) in [6, 6.07) is 13.0. The number of para-hydroxylation sites is 1. The second-order valence-electron chi connectivity index (χ2n) is 4.57. The normalized spacial score (nSPS) is 11.0. The van der Waals surface area contributed by atoms with E-state index in [1.165, 1.54) is 18.2 Å². The first-order valence-electron chi connectivity index (χ1n) is 7.09. The number of carbonyl (C=O) groups is 1. The Balaban J connectivity index is 2.12. The summed E-state index contributed by atoms with van der Waals surface area (Å²) < 4.78 is 34.4. The first-order valence-corrected chi connectivity index (χ1v) is 7.09. The molecule has 23 heavy (non-hydrogen) atoms. The average molecular weight is 318 g/mol. The van der Waals surface area contributed by atoms with Gasteiger partial charge in [0, 0.05) is 11.1 Å². The highest BCUT2D eigenvalue weighted by Crippen LogP contribution is 2.22. The summed E-state index contributed by atoms with van der Waals surface area (Å²) in [5, 5.41) is 0. The quantitative estimate of drug-likeness (QED) is 0.553. The molecule has 0 radical (unpaired) electrons. The van der Waals surface area contributed by atoms with E-state index in [4.69, 9.17) is 4.74 Å². The predicted molar refractivity (Wildman–Crippen MR) is 84.0 cm³/mol. The molecular weight excluding hydrogens is 302 g/mol. The monoisotopic (exact) mass is 318 g/mol. The molecule has 0 N–H and O–H groups in total. The fourth-order valence-electron chi connectivity index (χ4n) is 1.97. The highest BCUT2D eigenvalue weighted by atomic mass is 19.3. The van der Waals surface area contributed by atoms with Crippen LogP contribution in [-0.2, 0) is 0 Å². The molecule has 0 aromatic heterocycles. The Morgan fingerprint density at radius 2 is 1.83 bits per heavy atom. The number of hydrogen-bond acceptors (Lipinski definition) is 3. The zero-order valence-corrected chi connectivity index (χ0v) is 12.5. The summed E-state index contributed by atoms with van der Waals surface area (Å²) in [5.74, 6) is 0.474. The Hall–Kier alpha value is -2.69. The molecule has 0 spiro atoms. The fourth-order valence-corrected chi connectivity index (χ4v) is 1.97. The van der Waals surface area contributed by atoms with Gasteiger partial charge >= 0.3 is 6.61 Å². The minimum atomic E-state index is -2.91. The van der Waals surface area contributed by atoms with Gasteiger partial charge < -0.3 is 9.47 Å². The molecule has 0 aliphatic carbocycles. The van der Waals surface area contributed by atoms with Crippen LogP contribution in [0, 0.1) is 0 Å². The molecule has 0 saturated heterocycles. The van der Waals surface area contributed by atoms with Gasteiger partial charge in [0.25, 0.3) is 0 Å². The molecule has 0 saturated carbocycles. The van der Waals surface area contributed by atoms with Crippen LogP contribution in [0.25, 0.3) is 6.08 Å². The summed E-state index contributed by atoms with van der Waals surface area (Å²) in [5.41, 5.74) is 0.893. The van der Waals surface area contributed by atoms with E-state index in [9.17, 15) is 13.6 Å². The van der Waals surface area contributed by atoms with Crippen LogP contribution < -0.4 is 9.47 Å². The Labute approximate surface area is 133 Å². The molecule has 0 bridgehead atoms. The SMILES string of the molecule is CCOc1ccc(C(=O)C=Cc2ccccc2OC(F)F)cc1. The van der Waals surface area contributed by atoms with Crippen molar-refractivity contribution in [3.8, 4) is 11.5 Å². The van der Waals surface area contributed by atoms with Crippen molar-refractivity contribution in [2.24, 2.45) is 0 Å². The van der Waals surface area contributed by atoms with Crippen molar-refractivity contribution in [2.75, 3.05) is 6.61 Å². The smallest absolute Gasteiger partial charge is 0.387 e.